The maximum atomic E-state index is 8.52. The highest BCUT2D eigenvalue weighted by molar-refractivity contribution is 7.79. The quantitative estimate of drug-likeness (QED) is 0.267. The minimum Gasteiger partial charge on any atom is -0.759 e. The zero-order chi connectivity index (χ0) is 9.00. The van der Waals surface area contributed by atoms with Gasteiger partial charge < -0.3 is 49.0 Å². The first-order chi connectivity index (χ1) is 4.00. The normalized spacial score (nSPS) is 7.73. The number of hydrogen-bond donors (Lipinski definition) is 5. The van der Waals surface area contributed by atoms with Crippen LogP contribution < -0.4 is 30.8 Å². The SMILES string of the molecule is N.O=S(=O)([O-])[O-].O=S(=O)([O-])[O-].[NH4+].[NH4+].[NH4+].[NH4+]. The second kappa shape index (κ2) is 16.0. The molecule has 0 saturated carbocycles. The van der Waals surface area contributed by atoms with Gasteiger partial charge in [-0.25, -0.2) is 0 Å². The third kappa shape index (κ3) is 8520. The molecule has 0 heterocycles. The summed E-state index contributed by atoms with van der Waals surface area (Å²) in [7, 11) is -10.3. The first-order valence-electron chi connectivity index (χ1n) is 1.33. The molecule has 0 saturated heterocycles. The molecule has 0 fully saturated rings. The van der Waals surface area contributed by atoms with Crippen molar-refractivity contribution in [1.82, 2.24) is 30.8 Å². The molecular formula is H19N5O8S2. The van der Waals surface area contributed by atoms with Gasteiger partial charge in [-0.05, 0) is 0 Å². The summed E-state index contributed by atoms with van der Waals surface area (Å²) in [5.74, 6) is 0. The largest absolute Gasteiger partial charge is 0.759 e. The van der Waals surface area contributed by atoms with E-state index in [9.17, 15) is 0 Å². The highest BCUT2D eigenvalue weighted by Crippen LogP contribution is 1.58. The van der Waals surface area contributed by atoms with Crippen LogP contribution in [0.5, 0.6) is 0 Å². The Balaban J connectivity index is -0.0000000128. The standard InChI is InChI=1S/5H3N.2H2O4S/c;;;;;2*1-5(2,3)4/h5*1H3;2*(H2,1,2,3,4). The molecule has 0 aromatic rings. The van der Waals surface area contributed by atoms with E-state index in [0.717, 1.165) is 0 Å². The van der Waals surface area contributed by atoms with Crippen molar-refractivity contribution in [3.63, 3.8) is 0 Å². The predicted molar refractivity (Wildman–Crippen MR) is 49.9 cm³/mol. The molecule has 15 heteroatoms. The van der Waals surface area contributed by atoms with Crippen molar-refractivity contribution in [3.05, 3.63) is 0 Å². The first kappa shape index (κ1) is 46.9. The lowest BCUT2D eigenvalue weighted by Crippen LogP contribution is -1.91. The predicted octanol–water partition coefficient (Wildman–Crippen LogP) is -1.01. The van der Waals surface area contributed by atoms with E-state index in [0.29, 0.717) is 0 Å². The second-order valence-corrected chi connectivity index (χ2v) is 2.45. The van der Waals surface area contributed by atoms with Crippen LogP contribution >= 0.6 is 0 Å². The fourth-order valence-electron chi connectivity index (χ4n) is 0. The Labute approximate surface area is 87.3 Å². The van der Waals surface area contributed by atoms with Crippen LogP contribution in [0.3, 0.4) is 0 Å². The van der Waals surface area contributed by atoms with E-state index in [4.69, 9.17) is 35.0 Å². The van der Waals surface area contributed by atoms with Crippen molar-refractivity contribution in [2.45, 2.75) is 0 Å². The van der Waals surface area contributed by atoms with Crippen LogP contribution in [0, 0.1) is 0 Å². The van der Waals surface area contributed by atoms with Gasteiger partial charge in [-0.15, -0.1) is 0 Å². The number of rotatable bonds is 0. The van der Waals surface area contributed by atoms with E-state index in [1.807, 2.05) is 0 Å². The summed E-state index contributed by atoms with van der Waals surface area (Å²) in [6.07, 6.45) is 0. The Kier molecular flexibility index (Phi) is 50.0. The Morgan fingerprint density at radius 2 is 0.533 bits per heavy atom. The zero-order valence-electron chi connectivity index (χ0n) is 8.79. The molecule has 0 rings (SSSR count). The minimum absolute atomic E-state index is 0. The van der Waals surface area contributed by atoms with Gasteiger partial charge in [0.05, 0.1) is 0 Å². The summed E-state index contributed by atoms with van der Waals surface area (Å²) in [4.78, 5) is 0. The highest BCUT2D eigenvalue weighted by Gasteiger charge is 1.50. The monoisotopic (exact) mass is 281 g/mol. The molecule has 0 unspecified atom stereocenters. The molecule has 0 aromatic carbocycles. The average Bonchev–Trinajstić information content (AvgIpc) is 1.12. The molecule has 0 bridgehead atoms. The van der Waals surface area contributed by atoms with Crippen molar-refractivity contribution in [3.8, 4) is 0 Å². The highest BCUT2D eigenvalue weighted by atomic mass is 32.3. The lowest BCUT2D eigenvalue weighted by atomic mass is 14.0. The minimum atomic E-state index is -5.17. The molecule has 0 radical (unpaired) electrons. The lowest BCUT2D eigenvalue weighted by molar-refractivity contribution is 0.350. The molecule has 0 aliphatic carbocycles. The van der Waals surface area contributed by atoms with E-state index < -0.39 is 20.8 Å². The zero-order valence-corrected chi connectivity index (χ0v) is 10.4. The van der Waals surface area contributed by atoms with Crippen molar-refractivity contribution in [2.24, 2.45) is 0 Å². The van der Waals surface area contributed by atoms with Gasteiger partial charge in [0.2, 0.25) is 0 Å². The summed E-state index contributed by atoms with van der Waals surface area (Å²) in [5.41, 5.74) is 0. The Bertz CT molecular complexity index is 217. The Morgan fingerprint density at radius 1 is 0.533 bits per heavy atom. The number of quaternary nitrogens is 4. The van der Waals surface area contributed by atoms with Gasteiger partial charge in [0, 0.05) is 20.8 Å². The van der Waals surface area contributed by atoms with Crippen molar-refractivity contribution >= 4 is 20.8 Å². The molecule has 0 amide bonds. The van der Waals surface area contributed by atoms with Gasteiger partial charge in [0.15, 0.2) is 0 Å². The maximum Gasteiger partial charge on any atom is 0.0311 e. The topological polar surface area (TPSA) is 342 Å². The summed E-state index contributed by atoms with van der Waals surface area (Å²) in [5, 5.41) is 0. The van der Waals surface area contributed by atoms with E-state index in [-0.39, 0.29) is 30.8 Å². The second-order valence-electron chi connectivity index (χ2n) is 0.816. The van der Waals surface area contributed by atoms with E-state index >= 15 is 0 Å². The van der Waals surface area contributed by atoms with Crippen LogP contribution in [0.4, 0.5) is 0 Å². The smallest absolute Gasteiger partial charge is 0.0311 e. The third-order valence-electron chi connectivity index (χ3n) is 0. The maximum absolute atomic E-state index is 8.52. The summed E-state index contributed by atoms with van der Waals surface area (Å²) < 4.78 is 68.2. The van der Waals surface area contributed by atoms with Gasteiger partial charge in [0.25, 0.3) is 0 Å². The number of hydrogen-bond acceptors (Lipinski definition) is 9. The molecule has 0 aliphatic heterocycles. The molecule has 0 aliphatic rings. The van der Waals surface area contributed by atoms with Gasteiger partial charge in [-0.2, -0.15) is 0 Å². The van der Waals surface area contributed by atoms with Gasteiger partial charge in [0.1, 0.15) is 0 Å². The fraction of sp³-hybridized carbons (Fsp3) is 0. The van der Waals surface area contributed by atoms with Crippen molar-refractivity contribution in [1.29, 1.82) is 0 Å². The Hall–Kier alpha value is -0.460. The molecule has 0 atom stereocenters. The third-order valence-corrected chi connectivity index (χ3v) is 0. The van der Waals surface area contributed by atoms with Crippen LogP contribution in [0.1, 0.15) is 0 Å². The first-order valence-corrected chi connectivity index (χ1v) is 4.00. The van der Waals surface area contributed by atoms with Crippen LogP contribution in [0.2, 0.25) is 0 Å². The molecule has 0 spiro atoms. The molecule has 15 heavy (non-hydrogen) atoms. The lowest BCUT2D eigenvalue weighted by Gasteiger charge is -2.06. The van der Waals surface area contributed by atoms with Crippen LogP contribution in [0.25, 0.3) is 0 Å². The van der Waals surface area contributed by atoms with Crippen molar-refractivity contribution < 1.29 is 35.0 Å². The summed E-state index contributed by atoms with van der Waals surface area (Å²) >= 11 is 0. The summed E-state index contributed by atoms with van der Waals surface area (Å²) in [6.45, 7) is 0. The van der Waals surface area contributed by atoms with Gasteiger partial charge in [-0.3, -0.25) is 16.8 Å². The molecule has 13 nitrogen and oxygen atoms in total. The van der Waals surface area contributed by atoms with E-state index in [1.54, 1.807) is 0 Å². The van der Waals surface area contributed by atoms with Crippen LogP contribution in [-0.2, 0) is 20.8 Å². The molecule has 104 valence electrons. The fourth-order valence-corrected chi connectivity index (χ4v) is 0. The molecular weight excluding hydrogens is 262 g/mol. The summed E-state index contributed by atoms with van der Waals surface area (Å²) in [6, 6.07) is 0. The molecule has 0 aromatic heterocycles. The average molecular weight is 281 g/mol. The van der Waals surface area contributed by atoms with Gasteiger partial charge in [-0.1, -0.05) is 0 Å². The van der Waals surface area contributed by atoms with Crippen LogP contribution in [0.15, 0.2) is 0 Å². The van der Waals surface area contributed by atoms with Gasteiger partial charge >= 0.3 is 0 Å². The van der Waals surface area contributed by atoms with E-state index in [2.05, 4.69) is 0 Å². The van der Waals surface area contributed by atoms with E-state index in [1.165, 1.54) is 0 Å². The Morgan fingerprint density at radius 3 is 0.533 bits per heavy atom. The van der Waals surface area contributed by atoms with Crippen LogP contribution in [-0.4, -0.2) is 35.0 Å². The molecule has 19 N–H and O–H groups in total. The van der Waals surface area contributed by atoms with Crippen molar-refractivity contribution in [2.75, 3.05) is 0 Å².